The Kier molecular flexibility index (Phi) is 3.88. The third kappa shape index (κ3) is 3.14. The predicted molar refractivity (Wildman–Crippen MR) is 83.1 cm³/mol. The van der Waals surface area contributed by atoms with E-state index in [2.05, 4.69) is 38.3 Å². The number of hydrogen-bond acceptors (Lipinski definition) is 4. The van der Waals surface area contributed by atoms with Crippen LogP contribution in [0.4, 0.5) is 11.6 Å². The molecule has 0 saturated heterocycles. The van der Waals surface area contributed by atoms with Gasteiger partial charge in [-0.2, -0.15) is 0 Å². The van der Waals surface area contributed by atoms with Gasteiger partial charge in [-0.1, -0.05) is 24.3 Å². The standard InChI is InChI=1S/C10H11N7S2/c11-9(18)16-14-7-5-3-1-2-4-6(5)8(13-7)15-17-10(12)19/h1-4,13-14H,(H2,12,19)(H3,11,16,18). The summed E-state index contributed by atoms with van der Waals surface area (Å²) in [7, 11) is 0. The van der Waals surface area contributed by atoms with Gasteiger partial charge < -0.3 is 16.5 Å². The normalized spacial score (nSPS) is 10.7. The van der Waals surface area contributed by atoms with Crippen molar-refractivity contribution in [2.24, 2.45) is 21.7 Å². The lowest BCUT2D eigenvalue weighted by molar-refractivity contribution is 1.10. The number of rotatable bonds is 3. The van der Waals surface area contributed by atoms with Gasteiger partial charge >= 0.3 is 0 Å². The Labute approximate surface area is 119 Å². The number of aromatic amines is 1. The van der Waals surface area contributed by atoms with Crippen molar-refractivity contribution in [2.45, 2.75) is 0 Å². The molecule has 2 aromatic rings. The SMILES string of the molecule is NC(=S)N=Nc1[nH]c(NNC(N)=S)c2ccccc12. The Balaban J connectivity index is 2.42. The highest BCUT2D eigenvalue weighted by atomic mass is 32.1. The number of benzene rings is 1. The van der Waals surface area contributed by atoms with E-state index in [0.29, 0.717) is 11.6 Å². The van der Waals surface area contributed by atoms with Crippen LogP contribution in [0.25, 0.3) is 10.8 Å². The molecule has 0 spiro atoms. The smallest absolute Gasteiger partial charge is 0.211 e. The Morgan fingerprint density at radius 1 is 1.16 bits per heavy atom. The van der Waals surface area contributed by atoms with Gasteiger partial charge in [0.15, 0.2) is 10.9 Å². The number of hydrazine groups is 1. The molecule has 0 bridgehead atoms. The van der Waals surface area contributed by atoms with E-state index in [1.54, 1.807) is 0 Å². The van der Waals surface area contributed by atoms with Gasteiger partial charge in [-0.3, -0.25) is 10.9 Å². The van der Waals surface area contributed by atoms with E-state index < -0.39 is 0 Å². The van der Waals surface area contributed by atoms with Crippen molar-refractivity contribution in [3.63, 3.8) is 0 Å². The van der Waals surface area contributed by atoms with E-state index in [1.807, 2.05) is 24.3 Å². The first-order valence-electron chi connectivity index (χ1n) is 5.21. The highest BCUT2D eigenvalue weighted by Crippen LogP contribution is 2.31. The van der Waals surface area contributed by atoms with E-state index >= 15 is 0 Å². The van der Waals surface area contributed by atoms with Crippen LogP contribution in [0.1, 0.15) is 0 Å². The molecule has 19 heavy (non-hydrogen) atoms. The summed E-state index contributed by atoms with van der Waals surface area (Å²) in [4.78, 5) is 3.04. The molecule has 98 valence electrons. The Morgan fingerprint density at radius 2 is 1.84 bits per heavy atom. The molecule has 0 aliphatic carbocycles. The summed E-state index contributed by atoms with van der Waals surface area (Å²) in [5.41, 5.74) is 16.1. The van der Waals surface area contributed by atoms with E-state index in [0.717, 1.165) is 10.8 Å². The lowest BCUT2D eigenvalue weighted by Gasteiger charge is -2.05. The third-order valence-electron chi connectivity index (χ3n) is 2.25. The van der Waals surface area contributed by atoms with E-state index in [-0.39, 0.29) is 10.2 Å². The molecule has 0 aliphatic rings. The van der Waals surface area contributed by atoms with Crippen molar-refractivity contribution in [2.75, 3.05) is 5.43 Å². The first-order valence-corrected chi connectivity index (χ1v) is 6.03. The Hall–Kier alpha value is -2.26. The molecule has 1 aromatic heterocycles. The maximum Gasteiger partial charge on any atom is 0.211 e. The number of nitrogens with two attached hydrogens (primary N) is 2. The Morgan fingerprint density at radius 3 is 2.47 bits per heavy atom. The fraction of sp³-hybridized carbons (Fsp3) is 0. The number of fused-ring (bicyclic) bond motifs is 1. The topological polar surface area (TPSA) is 117 Å². The van der Waals surface area contributed by atoms with Crippen molar-refractivity contribution in [1.82, 2.24) is 10.4 Å². The molecule has 0 atom stereocenters. The third-order valence-corrected chi connectivity index (χ3v) is 2.44. The molecule has 0 saturated carbocycles. The van der Waals surface area contributed by atoms with Crippen LogP contribution in [0.3, 0.4) is 0 Å². The highest BCUT2D eigenvalue weighted by molar-refractivity contribution is 7.80. The predicted octanol–water partition coefficient (Wildman–Crippen LogP) is 1.66. The summed E-state index contributed by atoms with van der Waals surface area (Å²) in [6, 6.07) is 7.60. The summed E-state index contributed by atoms with van der Waals surface area (Å²) < 4.78 is 0. The van der Waals surface area contributed by atoms with E-state index in [9.17, 15) is 0 Å². The van der Waals surface area contributed by atoms with Crippen molar-refractivity contribution in [3.8, 4) is 0 Å². The zero-order valence-electron chi connectivity index (χ0n) is 9.68. The first kappa shape index (κ1) is 13.2. The highest BCUT2D eigenvalue weighted by Gasteiger charge is 2.09. The summed E-state index contributed by atoms with van der Waals surface area (Å²) in [5.74, 6) is 1.20. The van der Waals surface area contributed by atoms with E-state index in [1.165, 1.54) is 0 Å². The average molecular weight is 293 g/mol. The number of anilines is 1. The van der Waals surface area contributed by atoms with Gasteiger partial charge in [0.2, 0.25) is 5.11 Å². The van der Waals surface area contributed by atoms with Crippen LogP contribution in [0.2, 0.25) is 0 Å². The Bertz CT molecular complexity index is 661. The molecule has 0 amide bonds. The van der Waals surface area contributed by atoms with Crippen molar-refractivity contribution < 1.29 is 0 Å². The molecule has 2 rings (SSSR count). The molecule has 0 fully saturated rings. The van der Waals surface area contributed by atoms with Gasteiger partial charge in [0.25, 0.3) is 0 Å². The number of hydrogen-bond donors (Lipinski definition) is 5. The minimum atomic E-state index is -0.0329. The zero-order chi connectivity index (χ0) is 13.8. The molecule has 7 N–H and O–H groups in total. The van der Waals surface area contributed by atoms with Crippen molar-refractivity contribution >= 4 is 57.1 Å². The molecule has 1 heterocycles. The number of azo groups is 1. The molecule has 0 radical (unpaired) electrons. The van der Waals surface area contributed by atoms with Gasteiger partial charge in [0.1, 0.15) is 5.82 Å². The fourth-order valence-electron chi connectivity index (χ4n) is 1.56. The van der Waals surface area contributed by atoms with Crippen LogP contribution in [0.15, 0.2) is 34.5 Å². The lowest BCUT2D eigenvalue weighted by Crippen LogP contribution is -2.34. The first-order chi connectivity index (χ1) is 9.08. The monoisotopic (exact) mass is 293 g/mol. The average Bonchev–Trinajstić information content (AvgIpc) is 2.72. The van der Waals surface area contributed by atoms with Gasteiger partial charge in [-0.05, 0) is 24.4 Å². The maximum atomic E-state index is 5.36. The van der Waals surface area contributed by atoms with Gasteiger partial charge in [-0.15, -0.1) is 10.2 Å². The number of H-pyrrole nitrogens is 1. The van der Waals surface area contributed by atoms with Crippen LogP contribution in [-0.2, 0) is 0 Å². The molecule has 0 aliphatic heterocycles. The summed E-state index contributed by atoms with van der Waals surface area (Å²) >= 11 is 9.38. The number of nitrogens with zero attached hydrogens (tertiary/aromatic N) is 2. The minimum Gasteiger partial charge on any atom is -0.375 e. The maximum absolute atomic E-state index is 5.36. The number of nitrogens with one attached hydrogen (secondary N) is 3. The fourth-order valence-corrected chi connectivity index (χ4v) is 1.65. The minimum absolute atomic E-state index is 0.0329. The largest absolute Gasteiger partial charge is 0.375 e. The molecule has 9 heteroatoms. The van der Waals surface area contributed by atoms with Crippen LogP contribution in [0, 0.1) is 0 Å². The van der Waals surface area contributed by atoms with Crippen LogP contribution in [-0.4, -0.2) is 15.2 Å². The molecule has 0 unspecified atom stereocenters. The number of aromatic nitrogens is 1. The summed E-state index contributed by atoms with van der Waals surface area (Å²) in [5, 5.41) is 9.48. The number of thiocarbonyl (C=S) groups is 2. The molecular formula is C10H11N7S2. The lowest BCUT2D eigenvalue weighted by atomic mass is 10.2. The second kappa shape index (κ2) is 5.59. The van der Waals surface area contributed by atoms with Crippen LogP contribution in [0.5, 0.6) is 0 Å². The van der Waals surface area contributed by atoms with Gasteiger partial charge in [-0.25, -0.2) is 0 Å². The summed E-state index contributed by atoms with van der Waals surface area (Å²) in [6.45, 7) is 0. The molecule has 7 nitrogen and oxygen atoms in total. The second-order valence-corrected chi connectivity index (χ2v) is 4.40. The van der Waals surface area contributed by atoms with Crippen molar-refractivity contribution in [1.29, 1.82) is 0 Å². The van der Waals surface area contributed by atoms with Crippen molar-refractivity contribution in [3.05, 3.63) is 24.3 Å². The molecular weight excluding hydrogens is 282 g/mol. The van der Waals surface area contributed by atoms with Crippen LogP contribution < -0.4 is 22.3 Å². The van der Waals surface area contributed by atoms with Gasteiger partial charge in [0.05, 0.1) is 0 Å². The van der Waals surface area contributed by atoms with Gasteiger partial charge in [0, 0.05) is 10.8 Å². The quantitative estimate of drug-likeness (QED) is 0.334. The second-order valence-electron chi connectivity index (χ2n) is 3.55. The van der Waals surface area contributed by atoms with E-state index in [4.69, 9.17) is 23.7 Å². The summed E-state index contributed by atoms with van der Waals surface area (Å²) in [6.07, 6.45) is 0. The molecule has 1 aromatic carbocycles. The van der Waals surface area contributed by atoms with Crippen LogP contribution >= 0.6 is 24.4 Å². The zero-order valence-corrected chi connectivity index (χ0v) is 11.3.